The van der Waals surface area contributed by atoms with Gasteiger partial charge in [-0.05, 0) is 28.3 Å². The Hall–Kier alpha value is -3.90. The first-order valence-corrected chi connectivity index (χ1v) is 11.9. The molecule has 5 rings (SSSR count). The van der Waals surface area contributed by atoms with Crippen molar-refractivity contribution in [3.8, 4) is 16.9 Å². The van der Waals surface area contributed by atoms with Gasteiger partial charge in [0.05, 0.1) is 31.6 Å². The average Bonchev–Trinajstić information content (AvgIpc) is 3.46. The minimum atomic E-state index is 0.0206. The summed E-state index contributed by atoms with van der Waals surface area (Å²) in [6.07, 6.45) is 4.61. The molecule has 1 aromatic heterocycles. The van der Waals surface area contributed by atoms with Crippen LogP contribution in [0.5, 0.6) is 5.75 Å². The minimum Gasteiger partial charge on any atom is -0.493 e. The number of hydrogen-bond acceptors (Lipinski definition) is 4. The van der Waals surface area contributed by atoms with Gasteiger partial charge in [0.2, 0.25) is 0 Å². The van der Waals surface area contributed by atoms with Crippen molar-refractivity contribution in [2.24, 2.45) is 7.05 Å². The van der Waals surface area contributed by atoms with Crippen LogP contribution in [0.15, 0.2) is 85.2 Å². The molecule has 0 atom stereocenters. The molecule has 0 fully saturated rings. The molecule has 0 aliphatic carbocycles. The van der Waals surface area contributed by atoms with E-state index in [0.29, 0.717) is 44.2 Å². The van der Waals surface area contributed by atoms with Crippen molar-refractivity contribution in [2.75, 3.05) is 13.2 Å². The summed E-state index contributed by atoms with van der Waals surface area (Å²) < 4.78 is 13.5. The van der Waals surface area contributed by atoms with Gasteiger partial charge >= 0.3 is 0 Å². The second-order valence-corrected chi connectivity index (χ2v) is 8.79. The highest BCUT2D eigenvalue weighted by Crippen LogP contribution is 2.32. The summed E-state index contributed by atoms with van der Waals surface area (Å²) in [6.45, 7) is 2.87. The van der Waals surface area contributed by atoms with Crippen molar-refractivity contribution < 1.29 is 14.3 Å². The van der Waals surface area contributed by atoms with Gasteiger partial charge in [-0.1, -0.05) is 66.7 Å². The predicted octanol–water partition coefficient (Wildman–Crippen LogP) is 5.23. The Morgan fingerprint density at radius 3 is 2.49 bits per heavy atom. The summed E-state index contributed by atoms with van der Waals surface area (Å²) in [7, 11) is 1.91. The molecule has 0 spiro atoms. The zero-order valence-corrected chi connectivity index (χ0v) is 19.9. The first-order valence-electron chi connectivity index (χ1n) is 11.9. The number of carbonyl (C=O) groups is 1. The highest BCUT2D eigenvalue weighted by atomic mass is 16.5. The Labute approximate surface area is 205 Å². The van der Waals surface area contributed by atoms with Crippen molar-refractivity contribution in [2.45, 2.75) is 26.1 Å². The first-order chi connectivity index (χ1) is 17.2. The molecule has 0 unspecified atom stereocenters. The molecule has 0 saturated carbocycles. The Morgan fingerprint density at radius 2 is 1.71 bits per heavy atom. The summed E-state index contributed by atoms with van der Waals surface area (Å²) in [4.78, 5) is 15.1. The highest BCUT2D eigenvalue weighted by Gasteiger charge is 2.30. The van der Waals surface area contributed by atoms with Crippen LogP contribution >= 0.6 is 0 Å². The molecule has 35 heavy (non-hydrogen) atoms. The number of rotatable bonds is 10. The van der Waals surface area contributed by atoms with E-state index in [9.17, 15) is 4.79 Å². The number of aromatic nitrogens is 2. The predicted molar refractivity (Wildman–Crippen MR) is 135 cm³/mol. The summed E-state index contributed by atoms with van der Waals surface area (Å²) in [5.41, 5.74) is 6.14. The summed E-state index contributed by atoms with van der Waals surface area (Å²) in [6, 6.07) is 24.3. The van der Waals surface area contributed by atoms with Crippen LogP contribution in [0.3, 0.4) is 0 Å². The maximum Gasteiger partial charge on any atom is 0.258 e. The molecule has 0 radical (unpaired) electrons. The van der Waals surface area contributed by atoms with E-state index in [-0.39, 0.29) is 5.91 Å². The van der Waals surface area contributed by atoms with Crippen molar-refractivity contribution in [1.29, 1.82) is 0 Å². The second kappa shape index (κ2) is 10.6. The van der Waals surface area contributed by atoms with Gasteiger partial charge in [-0.3, -0.25) is 9.48 Å². The largest absolute Gasteiger partial charge is 0.493 e. The van der Waals surface area contributed by atoms with Crippen molar-refractivity contribution in [3.63, 3.8) is 0 Å². The molecular weight excluding hydrogens is 438 g/mol. The van der Waals surface area contributed by atoms with E-state index in [2.05, 4.69) is 41.5 Å². The zero-order chi connectivity index (χ0) is 24.0. The van der Waals surface area contributed by atoms with Gasteiger partial charge in [0.15, 0.2) is 0 Å². The van der Waals surface area contributed by atoms with E-state index in [1.807, 2.05) is 60.7 Å². The molecule has 1 amide bonds. The number of nitrogens with zero attached hydrogens (tertiary/aromatic N) is 3. The minimum absolute atomic E-state index is 0.0206. The monoisotopic (exact) mass is 467 g/mol. The maximum atomic E-state index is 13.2. The van der Waals surface area contributed by atoms with Gasteiger partial charge in [0, 0.05) is 38.3 Å². The molecule has 0 saturated heterocycles. The number of fused-ring (bicyclic) bond motifs is 1. The third-order valence-corrected chi connectivity index (χ3v) is 6.14. The van der Waals surface area contributed by atoms with Crippen LogP contribution in [0.2, 0.25) is 0 Å². The van der Waals surface area contributed by atoms with Crippen molar-refractivity contribution in [1.82, 2.24) is 14.7 Å². The molecule has 0 bridgehead atoms. The molecule has 2 heterocycles. The Kier molecular flexibility index (Phi) is 6.91. The normalized spacial score (nSPS) is 12.7. The summed E-state index contributed by atoms with van der Waals surface area (Å²) in [5, 5.41) is 4.23. The summed E-state index contributed by atoms with van der Waals surface area (Å²) in [5.74, 6) is 0.678. The van der Waals surface area contributed by atoms with E-state index >= 15 is 0 Å². The maximum absolute atomic E-state index is 13.2. The van der Waals surface area contributed by atoms with E-state index in [0.717, 1.165) is 34.2 Å². The lowest BCUT2D eigenvalue weighted by molar-refractivity contribution is 0.0762. The number of ether oxygens (including phenoxy) is 2. The van der Waals surface area contributed by atoms with E-state index in [1.54, 1.807) is 4.68 Å². The molecule has 1 aliphatic heterocycles. The van der Waals surface area contributed by atoms with Crippen LogP contribution in [0.1, 0.15) is 33.5 Å². The molecule has 6 nitrogen and oxygen atoms in total. The zero-order valence-electron chi connectivity index (χ0n) is 19.9. The number of aryl methyl sites for hydroxylation is 1. The van der Waals surface area contributed by atoms with Crippen molar-refractivity contribution in [3.05, 3.63) is 107 Å². The van der Waals surface area contributed by atoms with Crippen LogP contribution in [-0.4, -0.2) is 33.8 Å². The van der Waals surface area contributed by atoms with Gasteiger partial charge < -0.3 is 14.4 Å². The Bertz CT molecular complexity index is 1280. The third kappa shape index (κ3) is 5.44. The van der Waals surface area contributed by atoms with E-state index < -0.39 is 0 Å². The lowest BCUT2D eigenvalue weighted by atomic mass is 10.1. The van der Waals surface area contributed by atoms with Crippen molar-refractivity contribution >= 4 is 5.91 Å². The van der Waals surface area contributed by atoms with Gasteiger partial charge in [0.1, 0.15) is 5.75 Å². The first kappa shape index (κ1) is 22.9. The number of amides is 1. The fourth-order valence-electron chi connectivity index (χ4n) is 4.34. The van der Waals surface area contributed by atoms with Gasteiger partial charge in [-0.2, -0.15) is 5.10 Å². The number of benzene rings is 3. The van der Waals surface area contributed by atoms with Crippen LogP contribution < -0.4 is 4.74 Å². The number of carbonyl (C=O) groups excluding carboxylic acids is 1. The van der Waals surface area contributed by atoms with Crippen LogP contribution in [-0.2, 0) is 31.5 Å². The van der Waals surface area contributed by atoms with Crippen LogP contribution in [0.4, 0.5) is 0 Å². The fraction of sp³-hybridized carbons (Fsp3) is 0.241. The highest BCUT2D eigenvalue weighted by molar-refractivity contribution is 6.01. The topological polar surface area (TPSA) is 56.6 Å². The smallest absolute Gasteiger partial charge is 0.258 e. The molecular formula is C29H29N3O3. The van der Waals surface area contributed by atoms with Gasteiger partial charge in [-0.15, -0.1) is 0 Å². The Morgan fingerprint density at radius 1 is 0.886 bits per heavy atom. The van der Waals surface area contributed by atoms with Gasteiger partial charge in [0.25, 0.3) is 5.91 Å². The molecule has 1 aliphatic rings. The average molecular weight is 468 g/mol. The van der Waals surface area contributed by atoms with Gasteiger partial charge in [-0.25, -0.2) is 0 Å². The van der Waals surface area contributed by atoms with E-state index in [1.165, 1.54) is 0 Å². The molecule has 178 valence electrons. The molecule has 4 aromatic rings. The lowest BCUT2D eigenvalue weighted by Crippen LogP contribution is -2.23. The number of hydrogen-bond donors (Lipinski definition) is 0. The van der Waals surface area contributed by atoms with E-state index in [4.69, 9.17) is 9.47 Å². The Balaban J connectivity index is 1.14. The fourth-order valence-corrected chi connectivity index (χ4v) is 4.34. The van der Waals surface area contributed by atoms with Crippen LogP contribution in [0.25, 0.3) is 11.1 Å². The molecule has 6 heteroatoms. The second-order valence-electron chi connectivity index (χ2n) is 8.79. The molecule has 0 N–H and O–H groups in total. The standard InChI is InChI=1S/C29H29N3O3/c1-31-19-26(17-30-31)24-13-11-22(12-14-24)18-32-20-25-9-5-10-27(28(25)29(32)33)35-16-6-15-34-21-23-7-3-2-4-8-23/h2-5,7-14,17,19H,6,15-16,18,20-21H2,1H3. The summed E-state index contributed by atoms with van der Waals surface area (Å²) >= 11 is 0. The quantitative estimate of drug-likeness (QED) is 0.300. The van der Waals surface area contributed by atoms with Crippen LogP contribution in [0, 0.1) is 0 Å². The third-order valence-electron chi connectivity index (χ3n) is 6.14. The lowest BCUT2D eigenvalue weighted by Gasteiger charge is -2.16. The SMILES string of the molecule is Cn1cc(-c2ccc(CN3Cc4cccc(OCCCOCc5ccccc5)c4C3=O)cc2)cn1. The molecule has 3 aromatic carbocycles.